The Labute approximate surface area is 124 Å². The van der Waals surface area contributed by atoms with E-state index in [0.717, 1.165) is 13.0 Å². The van der Waals surface area contributed by atoms with Gasteiger partial charge in [-0.05, 0) is 35.1 Å². The van der Waals surface area contributed by atoms with Gasteiger partial charge in [0, 0.05) is 6.54 Å². The van der Waals surface area contributed by atoms with Crippen LogP contribution in [0, 0.1) is 0 Å². The van der Waals surface area contributed by atoms with Crippen molar-refractivity contribution in [1.82, 2.24) is 5.32 Å². The van der Waals surface area contributed by atoms with Crippen LogP contribution in [-0.4, -0.2) is 19.1 Å². The molecule has 1 N–H and O–H groups in total. The molecule has 3 rings (SSSR count). The summed E-state index contributed by atoms with van der Waals surface area (Å²) < 4.78 is 4.86. The van der Waals surface area contributed by atoms with Crippen LogP contribution in [0.15, 0.2) is 48.5 Å². The molecule has 0 spiro atoms. The first-order valence-electron chi connectivity index (χ1n) is 7.22. The molecule has 0 fully saturated rings. The largest absolute Gasteiger partial charge is 0.468 e. The number of hydrogen-bond acceptors (Lipinski definition) is 3. The van der Waals surface area contributed by atoms with Gasteiger partial charge in [0.25, 0.3) is 0 Å². The van der Waals surface area contributed by atoms with Crippen LogP contribution in [0.5, 0.6) is 0 Å². The Morgan fingerprint density at radius 2 is 2.00 bits per heavy atom. The Hall–Kier alpha value is -2.13. The van der Waals surface area contributed by atoms with Crippen molar-refractivity contribution in [1.29, 1.82) is 0 Å². The van der Waals surface area contributed by atoms with Gasteiger partial charge < -0.3 is 10.1 Å². The predicted octanol–water partition coefficient (Wildman–Crippen LogP) is 2.46. The molecule has 0 radical (unpaired) electrons. The second kappa shape index (κ2) is 6.10. The minimum Gasteiger partial charge on any atom is -0.468 e. The number of carbonyl (C=O) groups excluding carboxylic acids is 1. The summed E-state index contributed by atoms with van der Waals surface area (Å²) in [5.41, 5.74) is 5.16. The fourth-order valence-corrected chi connectivity index (χ4v) is 2.92. The summed E-state index contributed by atoms with van der Waals surface area (Å²) in [6, 6.07) is 16.6. The first-order chi connectivity index (χ1) is 10.3. The highest BCUT2D eigenvalue weighted by atomic mass is 16.5. The molecule has 0 unspecified atom stereocenters. The highest BCUT2D eigenvalue weighted by Crippen LogP contribution is 2.23. The summed E-state index contributed by atoms with van der Waals surface area (Å²) in [5.74, 6) is -0.185. The van der Waals surface area contributed by atoms with E-state index >= 15 is 0 Å². The second-order valence-corrected chi connectivity index (χ2v) is 5.38. The van der Waals surface area contributed by atoms with Crippen molar-refractivity contribution in [2.24, 2.45) is 0 Å². The molecular weight excluding hydrogens is 262 g/mol. The van der Waals surface area contributed by atoms with E-state index in [1.807, 2.05) is 6.07 Å². The number of rotatable bonds is 3. The van der Waals surface area contributed by atoms with E-state index in [4.69, 9.17) is 4.74 Å². The molecule has 1 heterocycles. The average Bonchev–Trinajstić information content (AvgIpc) is 2.55. The lowest BCUT2D eigenvalue weighted by Crippen LogP contribution is -2.42. The van der Waals surface area contributed by atoms with Crippen molar-refractivity contribution in [3.05, 3.63) is 70.8 Å². The van der Waals surface area contributed by atoms with Crippen molar-refractivity contribution in [2.45, 2.75) is 25.4 Å². The monoisotopic (exact) mass is 281 g/mol. The number of esters is 1. The third kappa shape index (κ3) is 2.98. The SMILES string of the molecule is COC(=O)[C@H]1Cc2c(cccc2Cc2ccccc2)CN1. The van der Waals surface area contributed by atoms with Gasteiger partial charge in [0.15, 0.2) is 0 Å². The van der Waals surface area contributed by atoms with Crippen LogP contribution in [0.1, 0.15) is 22.3 Å². The molecule has 0 aromatic heterocycles. The molecule has 3 nitrogen and oxygen atoms in total. The summed E-state index contributed by atoms with van der Waals surface area (Å²) >= 11 is 0. The van der Waals surface area contributed by atoms with Crippen LogP contribution in [-0.2, 0) is 28.9 Å². The van der Waals surface area contributed by atoms with Gasteiger partial charge in [-0.3, -0.25) is 4.79 Å². The van der Waals surface area contributed by atoms with Gasteiger partial charge >= 0.3 is 5.97 Å². The van der Waals surface area contributed by atoms with E-state index in [2.05, 4.69) is 47.8 Å². The standard InChI is InChI=1S/C18H19NO2/c1-21-18(20)17-11-16-14(8-5-9-15(16)12-19-17)10-13-6-3-2-4-7-13/h2-9,17,19H,10-12H2,1H3/t17-/m1/s1. The third-order valence-corrected chi connectivity index (χ3v) is 4.04. The molecule has 1 atom stereocenters. The highest BCUT2D eigenvalue weighted by Gasteiger charge is 2.26. The molecule has 0 aliphatic carbocycles. The van der Waals surface area contributed by atoms with Crippen molar-refractivity contribution in [2.75, 3.05) is 7.11 Å². The summed E-state index contributed by atoms with van der Waals surface area (Å²) in [6.07, 6.45) is 1.60. The summed E-state index contributed by atoms with van der Waals surface area (Å²) in [4.78, 5) is 11.8. The number of ether oxygens (including phenoxy) is 1. The van der Waals surface area contributed by atoms with Crippen molar-refractivity contribution in [3.8, 4) is 0 Å². The van der Waals surface area contributed by atoms with E-state index in [0.29, 0.717) is 6.42 Å². The van der Waals surface area contributed by atoms with Gasteiger partial charge in [0.2, 0.25) is 0 Å². The van der Waals surface area contributed by atoms with Crippen LogP contribution in [0.2, 0.25) is 0 Å². The molecular formula is C18H19NO2. The quantitative estimate of drug-likeness (QED) is 0.878. The van der Waals surface area contributed by atoms with Crippen molar-refractivity contribution >= 4 is 5.97 Å². The first-order valence-corrected chi connectivity index (χ1v) is 7.22. The van der Waals surface area contributed by atoms with Gasteiger partial charge in [-0.1, -0.05) is 48.5 Å². The molecule has 21 heavy (non-hydrogen) atoms. The number of benzene rings is 2. The van der Waals surface area contributed by atoms with Crippen molar-refractivity contribution in [3.63, 3.8) is 0 Å². The molecule has 3 heteroatoms. The summed E-state index contributed by atoms with van der Waals surface area (Å²) in [7, 11) is 1.44. The molecule has 108 valence electrons. The minimum atomic E-state index is -0.237. The Kier molecular flexibility index (Phi) is 4.02. The molecule has 0 saturated heterocycles. The number of fused-ring (bicyclic) bond motifs is 1. The van der Waals surface area contributed by atoms with E-state index < -0.39 is 0 Å². The maximum absolute atomic E-state index is 11.8. The third-order valence-electron chi connectivity index (χ3n) is 4.04. The van der Waals surface area contributed by atoms with E-state index in [9.17, 15) is 4.79 Å². The van der Waals surface area contributed by atoms with Crippen LogP contribution >= 0.6 is 0 Å². The number of hydrogen-bond donors (Lipinski definition) is 1. The lowest BCUT2D eigenvalue weighted by Gasteiger charge is -2.26. The number of nitrogens with one attached hydrogen (secondary N) is 1. The Morgan fingerprint density at radius 3 is 2.76 bits per heavy atom. The first kappa shape index (κ1) is 13.8. The van der Waals surface area contributed by atoms with Crippen LogP contribution in [0.3, 0.4) is 0 Å². The van der Waals surface area contributed by atoms with E-state index in [-0.39, 0.29) is 12.0 Å². The van der Waals surface area contributed by atoms with Gasteiger partial charge in [-0.2, -0.15) is 0 Å². The molecule has 2 aromatic rings. The maximum Gasteiger partial charge on any atom is 0.323 e. The fraction of sp³-hybridized carbons (Fsp3) is 0.278. The molecule has 0 saturated carbocycles. The minimum absolute atomic E-state index is 0.185. The Morgan fingerprint density at radius 1 is 1.19 bits per heavy atom. The van der Waals surface area contributed by atoms with Crippen LogP contribution < -0.4 is 5.32 Å². The lowest BCUT2D eigenvalue weighted by atomic mass is 9.89. The summed E-state index contributed by atoms with van der Waals surface area (Å²) in [6.45, 7) is 0.720. The Balaban J connectivity index is 1.88. The molecule has 1 aliphatic rings. The highest BCUT2D eigenvalue weighted by molar-refractivity contribution is 5.76. The maximum atomic E-state index is 11.8. The number of carbonyl (C=O) groups is 1. The zero-order valence-corrected chi connectivity index (χ0v) is 12.1. The topological polar surface area (TPSA) is 38.3 Å². The fourth-order valence-electron chi connectivity index (χ4n) is 2.92. The zero-order chi connectivity index (χ0) is 14.7. The van der Waals surface area contributed by atoms with E-state index in [1.54, 1.807) is 0 Å². The van der Waals surface area contributed by atoms with Crippen LogP contribution in [0.25, 0.3) is 0 Å². The Bertz CT molecular complexity index is 637. The van der Waals surface area contributed by atoms with Gasteiger partial charge in [0.1, 0.15) is 6.04 Å². The predicted molar refractivity (Wildman–Crippen MR) is 82.0 cm³/mol. The summed E-state index contributed by atoms with van der Waals surface area (Å²) in [5, 5.41) is 3.24. The van der Waals surface area contributed by atoms with Gasteiger partial charge in [-0.15, -0.1) is 0 Å². The lowest BCUT2D eigenvalue weighted by molar-refractivity contribution is -0.143. The zero-order valence-electron chi connectivity index (χ0n) is 12.1. The molecule has 0 bridgehead atoms. The molecule has 1 aliphatic heterocycles. The van der Waals surface area contributed by atoms with Gasteiger partial charge in [0.05, 0.1) is 7.11 Å². The average molecular weight is 281 g/mol. The normalized spacial score (nSPS) is 17.1. The van der Waals surface area contributed by atoms with E-state index in [1.165, 1.54) is 29.4 Å². The van der Waals surface area contributed by atoms with Crippen LogP contribution in [0.4, 0.5) is 0 Å². The van der Waals surface area contributed by atoms with Crippen molar-refractivity contribution < 1.29 is 9.53 Å². The smallest absolute Gasteiger partial charge is 0.323 e. The molecule has 0 amide bonds. The molecule has 2 aromatic carbocycles. The second-order valence-electron chi connectivity index (χ2n) is 5.38. The number of methoxy groups -OCH3 is 1. The van der Waals surface area contributed by atoms with Gasteiger partial charge in [-0.25, -0.2) is 0 Å².